The Morgan fingerprint density at radius 2 is 1.86 bits per heavy atom. The topological polar surface area (TPSA) is 38.7 Å². The van der Waals surface area contributed by atoms with Gasteiger partial charge in [0.05, 0.1) is 19.8 Å². The standard InChI is InChI=1S/C17H18O3S/c1-12-3-6-17(13(9-12)11-18)21-14-4-5-15-16(10-14)20-8-2-7-19-15/h3-6,9-10,18H,2,7-8,11H2,1H3. The summed E-state index contributed by atoms with van der Waals surface area (Å²) in [5.41, 5.74) is 2.11. The Hall–Kier alpha value is -1.65. The Bertz CT molecular complexity index is 640. The number of hydrogen-bond acceptors (Lipinski definition) is 4. The number of benzene rings is 2. The van der Waals surface area contributed by atoms with Gasteiger partial charge in [-0.1, -0.05) is 29.5 Å². The lowest BCUT2D eigenvalue weighted by Crippen LogP contribution is -1.97. The highest BCUT2D eigenvalue weighted by atomic mass is 32.2. The van der Waals surface area contributed by atoms with E-state index in [4.69, 9.17) is 9.47 Å². The molecule has 0 radical (unpaired) electrons. The van der Waals surface area contributed by atoms with Crippen LogP contribution in [-0.2, 0) is 6.61 Å². The van der Waals surface area contributed by atoms with Crippen molar-refractivity contribution >= 4 is 11.8 Å². The van der Waals surface area contributed by atoms with Gasteiger partial charge in [-0.25, -0.2) is 0 Å². The van der Waals surface area contributed by atoms with Crippen LogP contribution < -0.4 is 9.47 Å². The first kappa shape index (κ1) is 14.3. The Balaban J connectivity index is 1.87. The second-order valence-electron chi connectivity index (χ2n) is 5.03. The van der Waals surface area contributed by atoms with Gasteiger partial charge >= 0.3 is 0 Å². The Labute approximate surface area is 128 Å². The predicted molar refractivity (Wildman–Crippen MR) is 83.3 cm³/mol. The maximum absolute atomic E-state index is 9.49. The van der Waals surface area contributed by atoms with E-state index < -0.39 is 0 Å². The maximum Gasteiger partial charge on any atom is 0.162 e. The van der Waals surface area contributed by atoms with Crippen molar-refractivity contribution in [3.63, 3.8) is 0 Å². The van der Waals surface area contributed by atoms with E-state index in [1.54, 1.807) is 11.8 Å². The molecule has 0 spiro atoms. The van der Waals surface area contributed by atoms with Gasteiger partial charge in [-0.2, -0.15) is 0 Å². The van der Waals surface area contributed by atoms with Crippen molar-refractivity contribution in [3.8, 4) is 11.5 Å². The number of aliphatic hydroxyl groups excluding tert-OH is 1. The van der Waals surface area contributed by atoms with Crippen LogP contribution in [0.2, 0.25) is 0 Å². The number of aliphatic hydroxyl groups is 1. The van der Waals surface area contributed by atoms with E-state index in [0.29, 0.717) is 13.2 Å². The number of aryl methyl sites for hydroxylation is 1. The molecule has 3 nitrogen and oxygen atoms in total. The van der Waals surface area contributed by atoms with Crippen LogP contribution in [0.25, 0.3) is 0 Å². The third-order valence-corrected chi connectivity index (χ3v) is 4.44. The highest BCUT2D eigenvalue weighted by molar-refractivity contribution is 7.99. The lowest BCUT2D eigenvalue weighted by Gasteiger charge is -2.11. The molecule has 4 heteroatoms. The van der Waals surface area contributed by atoms with E-state index in [2.05, 4.69) is 12.1 Å². The molecular formula is C17H18O3S. The van der Waals surface area contributed by atoms with Crippen LogP contribution in [0.5, 0.6) is 11.5 Å². The Morgan fingerprint density at radius 3 is 2.67 bits per heavy atom. The van der Waals surface area contributed by atoms with Crippen molar-refractivity contribution in [3.05, 3.63) is 47.5 Å². The van der Waals surface area contributed by atoms with Crippen LogP contribution >= 0.6 is 11.8 Å². The van der Waals surface area contributed by atoms with Crippen LogP contribution in [0.15, 0.2) is 46.2 Å². The van der Waals surface area contributed by atoms with Crippen LogP contribution in [0.4, 0.5) is 0 Å². The number of ether oxygens (including phenoxy) is 2. The Morgan fingerprint density at radius 1 is 1.05 bits per heavy atom. The molecule has 2 aromatic carbocycles. The average Bonchev–Trinajstić information content (AvgIpc) is 2.74. The van der Waals surface area contributed by atoms with Crippen LogP contribution in [0.3, 0.4) is 0 Å². The van der Waals surface area contributed by atoms with E-state index in [-0.39, 0.29) is 6.61 Å². The molecule has 1 aliphatic heterocycles. The van der Waals surface area contributed by atoms with Crippen LogP contribution in [-0.4, -0.2) is 18.3 Å². The molecule has 0 unspecified atom stereocenters. The first-order valence-electron chi connectivity index (χ1n) is 7.04. The summed E-state index contributed by atoms with van der Waals surface area (Å²) in [7, 11) is 0. The van der Waals surface area contributed by atoms with Crippen molar-refractivity contribution in [1.82, 2.24) is 0 Å². The third kappa shape index (κ3) is 3.34. The molecule has 0 aliphatic carbocycles. The zero-order valence-electron chi connectivity index (χ0n) is 12.0. The highest BCUT2D eigenvalue weighted by Gasteiger charge is 2.12. The normalized spacial score (nSPS) is 13.8. The second kappa shape index (κ2) is 6.41. The minimum Gasteiger partial charge on any atom is -0.490 e. The SMILES string of the molecule is Cc1ccc(Sc2ccc3c(c2)OCCCO3)c(CO)c1. The van der Waals surface area contributed by atoms with Gasteiger partial charge in [0, 0.05) is 16.2 Å². The van der Waals surface area contributed by atoms with Gasteiger partial charge in [0.1, 0.15) is 0 Å². The summed E-state index contributed by atoms with van der Waals surface area (Å²) in [4.78, 5) is 2.15. The monoisotopic (exact) mass is 302 g/mol. The van der Waals surface area contributed by atoms with E-state index >= 15 is 0 Å². The second-order valence-corrected chi connectivity index (χ2v) is 6.15. The van der Waals surface area contributed by atoms with E-state index in [1.165, 1.54) is 0 Å². The minimum absolute atomic E-state index is 0.0502. The zero-order chi connectivity index (χ0) is 14.7. The first-order valence-corrected chi connectivity index (χ1v) is 7.86. The molecule has 0 saturated carbocycles. The zero-order valence-corrected chi connectivity index (χ0v) is 12.8. The van der Waals surface area contributed by atoms with E-state index in [9.17, 15) is 5.11 Å². The van der Waals surface area contributed by atoms with Gasteiger partial charge in [-0.3, -0.25) is 0 Å². The Kier molecular flexibility index (Phi) is 4.36. The fourth-order valence-electron chi connectivity index (χ4n) is 2.27. The number of hydrogen-bond donors (Lipinski definition) is 1. The van der Waals surface area contributed by atoms with Crippen molar-refractivity contribution in [1.29, 1.82) is 0 Å². The maximum atomic E-state index is 9.49. The van der Waals surface area contributed by atoms with Crippen molar-refractivity contribution < 1.29 is 14.6 Å². The molecule has 1 aliphatic rings. The molecule has 110 valence electrons. The van der Waals surface area contributed by atoms with Crippen molar-refractivity contribution in [2.75, 3.05) is 13.2 Å². The molecule has 0 atom stereocenters. The van der Waals surface area contributed by atoms with Gasteiger partial charge in [0.15, 0.2) is 11.5 Å². The average molecular weight is 302 g/mol. The molecule has 2 aromatic rings. The van der Waals surface area contributed by atoms with Gasteiger partial charge in [0.2, 0.25) is 0 Å². The molecule has 21 heavy (non-hydrogen) atoms. The van der Waals surface area contributed by atoms with E-state index in [0.717, 1.165) is 38.8 Å². The van der Waals surface area contributed by atoms with Gasteiger partial charge in [-0.15, -0.1) is 0 Å². The highest BCUT2D eigenvalue weighted by Crippen LogP contribution is 2.37. The molecule has 0 bridgehead atoms. The summed E-state index contributed by atoms with van der Waals surface area (Å²) < 4.78 is 11.4. The first-order chi connectivity index (χ1) is 10.3. The van der Waals surface area contributed by atoms with Crippen molar-refractivity contribution in [2.45, 2.75) is 29.7 Å². The summed E-state index contributed by atoms with van der Waals surface area (Å²) in [6, 6.07) is 12.1. The number of fused-ring (bicyclic) bond motifs is 1. The van der Waals surface area contributed by atoms with Gasteiger partial charge < -0.3 is 14.6 Å². The molecular weight excluding hydrogens is 284 g/mol. The molecule has 0 aromatic heterocycles. The van der Waals surface area contributed by atoms with Gasteiger partial charge in [0.25, 0.3) is 0 Å². The fourth-order valence-corrected chi connectivity index (χ4v) is 3.21. The predicted octanol–water partition coefficient (Wildman–Crippen LogP) is 3.80. The number of rotatable bonds is 3. The van der Waals surface area contributed by atoms with E-state index in [1.807, 2.05) is 31.2 Å². The summed E-state index contributed by atoms with van der Waals surface area (Å²) in [6.45, 7) is 3.47. The van der Waals surface area contributed by atoms with Gasteiger partial charge in [-0.05, 0) is 36.8 Å². The molecule has 1 heterocycles. The molecule has 0 saturated heterocycles. The minimum atomic E-state index is 0.0502. The molecule has 0 fully saturated rings. The van der Waals surface area contributed by atoms with Crippen LogP contribution in [0, 0.1) is 6.92 Å². The lowest BCUT2D eigenvalue weighted by molar-refractivity contribution is 0.279. The molecule has 0 amide bonds. The van der Waals surface area contributed by atoms with Crippen molar-refractivity contribution in [2.24, 2.45) is 0 Å². The summed E-state index contributed by atoms with van der Waals surface area (Å²) in [6.07, 6.45) is 0.907. The largest absolute Gasteiger partial charge is 0.490 e. The fraction of sp³-hybridized carbons (Fsp3) is 0.294. The third-order valence-electron chi connectivity index (χ3n) is 3.33. The molecule has 3 rings (SSSR count). The lowest BCUT2D eigenvalue weighted by atomic mass is 10.1. The van der Waals surface area contributed by atoms with Crippen LogP contribution in [0.1, 0.15) is 17.5 Å². The quantitative estimate of drug-likeness (QED) is 0.936. The summed E-state index contributed by atoms with van der Waals surface area (Å²) >= 11 is 1.63. The summed E-state index contributed by atoms with van der Waals surface area (Å²) in [5, 5.41) is 9.49. The summed E-state index contributed by atoms with van der Waals surface area (Å²) in [5.74, 6) is 1.61. The molecule has 1 N–H and O–H groups in total. The smallest absolute Gasteiger partial charge is 0.162 e.